The van der Waals surface area contributed by atoms with Gasteiger partial charge in [0.25, 0.3) is 0 Å². The highest BCUT2D eigenvalue weighted by Crippen LogP contribution is 2.19. The first-order valence-electron chi connectivity index (χ1n) is 6.93. The minimum absolute atomic E-state index is 0.488. The second kappa shape index (κ2) is 5.97. The SMILES string of the molecule is CC(C)N(CCn1c(N)nc2cc(Cl)cnc21)C(C)C. The number of nitrogens with zero attached hydrogens (tertiary/aromatic N) is 4. The van der Waals surface area contributed by atoms with E-state index in [2.05, 4.69) is 42.6 Å². The number of hydrogen-bond acceptors (Lipinski definition) is 4. The molecule has 0 saturated carbocycles. The molecule has 2 aromatic heterocycles. The molecule has 0 unspecified atom stereocenters. The number of anilines is 1. The molecule has 0 amide bonds. The van der Waals surface area contributed by atoms with Gasteiger partial charge in [0.2, 0.25) is 5.95 Å². The van der Waals surface area contributed by atoms with Crippen LogP contribution in [0.25, 0.3) is 11.2 Å². The maximum atomic E-state index is 5.99. The van der Waals surface area contributed by atoms with Gasteiger partial charge in [-0.25, -0.2) is 9.97 Å². The Labute approximate surface area is 124 Å². The third kappa shape index (κ3) is 3.04. The predicted octanol–water partition coefficient (Wildman–Crippen LogP) is 2.79. The number of aromatic nitrogens is 3. The van der Waals surface area contributed by atoms with Gasteiger partial charge in [0.15, 0.2) is 5.65 Å². The Hall–Kier alpha value is -1.33. The molecule has 2 rings (SSSR count). The van der Waals surface area contributed by atoms with Gasteiger partial charge in [-0.15, -0.1) is 0 Å². The smallest absolute Gasteiger partial charge is 0.202 e. The Morgan fingerprint density at radius 1 is 1.30 bits per heavy atom. The minimum atomic E-state index is 0.488. The molecular weight excluding hydrogens is 274 g/mol. The zero-order valence-corrected chi connectivity index (χ0v) is 13.2. The summed E-state index contributed by atoms with van der Waals surface area (Å²) in [4.78, 5) is 11.1. The third-order valence-corrected chi connectivity index (χ3v) is 3.70. The number of nitrogens with two attached hydrogens (primary N) is 1. The summed E-state index contributed by atoms with van der Waals surface area (Å²) < 4.78 is 1.95. The lowest BCUT2D eigenvalue weighted by molar-refractivity contribution is 0.169. The van der Waals surface area contributed by atoms with Crippen molar-refractivity contribution in [3.8, 4) is 0 Å². The first kappa shape index (κ1) is 15.1. The number of hydrogen-bond donors (Lipinski definition) is 1. The van der Waals surface area contributed by atoms with Gasteiger partial charge in [0.05, 0.1) is 5.02 Å². The van der Waals surface area contributed by atoms with E-state index in [4.69, 9.17) is 17.3 Å². The summed E-state index contributed by atoms with van der Waals surface area (Å²) in [5.74, 6) is 0.488. The van der Waals surface area contributed by atoms with Crippen LogP contribution in [0, 0.1) is 0 Å². The van der Waals surface area contributed by atoms with E-state index in [9.17, 15) is 0 Å². The number of nitrogen functional groups attached to an aromatic ring is 1. The molecule has 0 aromatic carbocycles. The fourth-order valence-electron chi connectivity index (χ4n) is 2.55. The van der Waals surface area contributed by atoms with E-state index in [0.29, 0.717) is 23.1 Å². The van der Waals surface area contributed by atoms with E-state index in [1.165, 1.54) is 0 Å². The van der Waals surface area contributed by atoms with Crippen LogP contribution in [-0.2, 0) is 6.54 Å². The molecule has 110 valence electrons. The van der Waals surface area contributed by atoms with Crippen LogP contribution in [-0.4, -0.2) is 38.1 Å². The first-order chi connectivity index (χ1) is 9.40. The molecule has 0 spiro atoms. The zero-order chi connectivity index (χ0) is 14.9. The van der Waals surface area contributed by atoms with Gasteiger partial charge in [0.1, 0.15) is 5.52 Å². The largest absolute Gasteiger partial charge is 0.369 e. The Balaban J connectivity index is 2.23. The molecular formula is C14H22ClN5. The summed E-state index contributed by atoms with van der Waals surface area (Å²) >= 11 is 5.93. The van der Waals surface area contributed by atoms with Crippen molar-refractivity contribution in [3.05, 3.63) is 17.3 Å². The van der Waals surface area contributed by atoms with Crippen molar-refractivity contribution < 1.29 is 0 Å². The summed E-state index contributed by atoms with van der Waals surface area (Å²) in [5, 5.41) is 0.577. The van der Waals surface area contributed by atoms with Gasteiger partial charge in [-0.2, -0.15) is 0 Å². The summed E-state index contributed by atoms with van der Waals surface area (Å²) in [7, 11) is 0. The van der Waals surface area contributed by atoms with Crippen LogP contribution in [0.1, 0.15) is 27.7 Å². The molecule has 0 bridgehead atoms. The zero-order valence-electron chi connectivity index (χ0n) is 12.5. The summed E-state index contributed by atoms with van der Waals surface area (Å²) in [5.41, 5.74) is 7.53. The van der Waals surface area contributed by atoms with E-state index < -0.39 is 0 Å². The molecule has 0 atom stereocenters. The molecule has 6 heteroatoms. The topological polar surface area (TPSA) is 60.0 Å². The van der Waals surface area contributed by atoms with Gasteiger partial charge in [0, 0.05) is 31.4 Å². The predicted molar refractivity (Wildman–Crippen MR) is 83.9 cm³/mol. The van der Waals surface area contributed by atoms with Gasteiger partial charge >= 0.3 is 0 Å². The second-order valence-corrected chi connectivity index (χ2v) is 5.98. The van der Waals surface area contributed by atoms with E-state index >= 15 is 0 Å². The van der Waals surface area contributed by atoms with Gasteiger partial charge in [-0.1, -0.05) is 11.6 Å². The van der Waals surface area contributed by atoms with Crippen LogP contribution in [0.2, 0.25) is 5.02 Å². The van der Waals surface area contributed by atoms with Crippen LogP contribution in [0.5, 0.6) is 0 Å². The van der Waals surface area contributed by atoms with E-state index in [0.717, 1.165) is 24.3 Å². The lowest BCUT2D eigenvalue weighted by Gasteiger charge is -2.30. The van der Waals surface area contributed by atoms with Crippen molar-refractivity contribution in [2.45, 2.75) is 46.3 Å². The monoisotopic (exact) mass is 295 g/mol. The highest BCUT2D eigenvalue weighted by atomic mass is 35.5. The van der Waals surface area contributed by atoms with E-state index in [1.807, 2.05) is 4.57 Å². The van der Waals surface area contributed by atoms with Crippen LogP contribution in [0.3, 0.4) is 0 Å². The highest BCUT2D eigenvalue weighted by Gasteiger charge is 2.15. The van der Waals surface area contributed by atoms with Crippen molar-refractivity contribution >= 4 is 28.7 Å². The molecule has 0 fully saturated rings. The van der Waals surface area contributed by atoms with Crippen LogP contribution >= 0.6 is 11.6 Å². The molecule has 5 nitrogen and oxygen atoms in total. The molecule has 0 saturated heterocycles. The minimum Gasteiger partial charge on any atom is -0.369 e. The standard InChI is InChI=1S/C14H22ClN5/c1-9(2)19(10(3)4)5-6-20-13-12(18-14(20)16)7-11(15)8-17-13/h7-10H,5-6H2,1-4H3,(H2,16,18). The van der Waals surface area contributed by atoms with Crippen molar-refractivity contribution in [1.29, 1.82) is 0 Å². The van der Waals surface area contributed by atoms with Crippen molar-refractivity contribution in [2.24, 2.45) is 0 Å². The van der Waals surface area contributed by atoms with Gasteiger partial charge in [-0.3, -0.25) is 9.47 Å². The number of fused-ring (bicyclic) bond motifs is 1. The number of halogens is 1. The van der Waals surface area contributed by atoms with Crippen molar-refractivity contribution in [2.75, 3.05) is 12.3 Å². The Morgan fingerprint density at radius 2 is 1.95 bits per heavy atom. The lowest BCUT2D eigenvalue weighted by Crippen LogP contribution is -2.39. The normalized spacial score (nSPS) is 12.2. The molecule has 2 N–H and O–H groups in total. The van der Waals surface area contributed by atoms with E-state index in [-0.39, 0.29) is 0 Å². The number of rotatable bonds is 5. The fourth-order valence-corrected chi connectivity index (χ4v) is 2.70. The average Bonchev–Trinajstić information content (AvgIpc) is 2.64. The molecule has 0 radical (unpaired) electrons. The molecule has 0 aliphatic carbocycles. The molecule has 0 aliphatic rings. The number of imidazole rings is 1. The van der Waals surface area contributed by atoms with Gasteiger partial charge in [-0.05, 0) is 33.8 Å². The van der Waals surface area contributed by atoms with Crippen LogP contribution in [0.15, 0.2) is 12.3 Å². The quantitative estimate of drug-likeness (QED) is 0.921. The average molecular weight is 296 g/mol. The maximum absolute atomic E-state index is 5.99. The Kier molecular flexibility index (Phi) is 4.50. The van der Waals surface area contributed by atoms with E-state index in [1.54, 1.807) is 12.3 Å². The second-order valence-electron chi connectivity index (χ2n) is 5.54. The summed E-state index contributed by atoms with van der Waals surface area (Å²) in [6.07, 6.45) is 1.63. The first-order valence-corrected chi connectivity index (χ1v) is 7.31. The van der Waals surface area contributed by atoms with Crippen molar-refractivity contribution in [3.63, 3.8) is 0 Å². The highest BCUT2D eigenvalue weighted by molar-refractivity contribution is 6.31. The summed E-state index contributed by atoms with van der Waals surface area (Å²) in [6.45, 7) is 10.5. The lowest BCUT2D eigenvalue weighted by atomic mass is 10.2. The third-order valence-electron chi connectivity index (χ3n) is 3.49. The fraction of sp³-hybridized carbons (Fsp3) is 0.571. The Morgan fingerprint density at radius 3 is 2.55 bits per heavy atom. The number of pyridine rings is 1. The van der Waals surface area contributed by atoms with Gasteiger partial charge < -0.3 is 5.73 Å². The molecule has 0 aliphatic heterocycles. The van der Waals surface area contributed by atoms with Crippen molar-refractivity contribution in [1.82, 2.24) is 19.4 Å². The summed E-state index contributed by atoms with van der Waals surface area (Å²) in [6, 6.07) is 2.78. The molecule has 2 heterocycles. The molecule has 2 aromatic rings. The molecule has 20 heavy (non-hydrogen) atoms. The van der Waals surface area contributed by atoms with Crippen LogP contribution < -0.4 is 5.73 Å². The maximum Gasteiger partial charge on any atom is 0.202 e. The van der Waals surface area contributed by atoms with Crippen LogP contribution in [0.4, 0.5) is 5.95 Å². The Bertz CT molecular complexity index is 583.